The normalized spacial score (nSPS) is 17.0. The Morgan fingerprint density at radius 1 is 0.893 bits per heavy atom. The molecule has 0 N–H and O–H groups in total. The lowest BCUT2D eigenvalue weighted by molar-refractivity contribution is 0.0169. The van der Waals surface area contributed by atoms with Gasteiger partial charge >= 0.3 is 12.2 Å². The molecule has 6 heteroatoms. The molecule has 0 atom stereocenters. The van der Waals surface area contributed by atoms with Crippen molar-refractivity contribution in [1.29, 1.82) is 0 Å². The number of hydrogen-bond acceptors (Lipinski definition) is 5. The molecule has 1 aliphatic rings. The van der Waals surface area contributed by atoms with Crippen LogP contribution in [0.4, 0.5) is 9.59 Å². The molecule has 0 spiro atoms. The summed E-state index contributed by atoms with van der Waals surface area (Å²) in [4.78, 5) is 25.8. The first-order valence-corrected chi connectivity index (χ1v) is 9.77. The molecule has 0 unspecified atom stereocenters. The van der Waals surface area contributed by atoms with E-state index in [-0.39, 0.29) is 11.5 Å². The largest absolute Gasteiger partial charge is 0.514 e. The number of ether oxygens (including phenoxy) is 3. The lowest BCUT2D eigenvalue weighted by Crippen LogP contribution is -2.45. The Morgan fingerprint density at radius 3 is 1.86 bits per heavy atom. The summed E-state index contributed by atoms with van der Waals surface area (Å²) >= 11 is 0. The van der Waals surface area contributed by atoms with Crippen LogP contribution in [0.25, 0.3) is 0 Å². The fourth-order valence-electron chi connectivity index (χ4n) is 3.09. The fraction of sp³-hybridized carbons (Fsp3) is 0.636. The number of piperidine rings is 1. The van der Waals surface area contributed by atoms with E-state index in [1.807, 2.05) is 32.9 Å². The number of carbonyl (C=O) groups excluding carboxylic acids is 2. The molecular formula is C22H33NO5. The maximum atomic E-state index is 12.3. The monoisotopic (exact) mass is 391 g/mol. The van der Waals surface area contributed by atoms with Crippen molar-refractivity contribution in [3.8, 4) is 5.75 Å². The predicted molar refractivity (Wildman–Crippen MR) is 108 cm³/mol. The third kappa shape index (κ3) is 6.43. The Balaban J connectivity index is 1.95. The second kappa shape index (κ2) is 8.02. The van der Waals surface area contributed by atoms with E-state index in [2.05, 4.69) is 6.92 Å². The highest BCUT2D eigenvalue weighted by molar-refractivity contribution is 5.68. The first-order chi connectivity index (χ1) is 12.8. The van der Waals surface area contributed by atoms with Gasteiger partial charge in [-0.3, -0.25) is 0 Å². The molecule has 2 rings (SSSR count). The third-order valence-corrected chi connectivity index (χ3v) is 4.66. The van der Waals surface area contributed by atoms with Gasteiger partial charge in [0.05, 0.1) is 0 Å². The topological polar surface area (TPSA) is 65.1 Å². The minimum absolute atomic E-state index is 0.0387. The number of likely N-dealkylation sites (tertiary alicyclic amines) is 1. The fourth-order valence-corrected chi connectivity index (χ4v) is 3.09. The van der Waals surface area contributed by atoms with Crippen LogP contribution in [0.1, 0.15) is 66.9 Å². The van der Waals surface area contributed by atoms with E-state index in [1.165, 1.54) is 0 Å². The van der Waals surface area contributed by atoms with E-state index in [4.69, 9.17) is 14.2 Å². The van der Waals surface area contributed by atoms with Crippen LogP contribution in [0.3, 0.4) is 0 Å². The summed E-state index contributed by atoms with van der Waals surface area (Å²) < 4.78 is 15.9. The van der Waals surface area contributed by atoms with Gasteiger partial charge in [-0.05, 0) is 77.5 Å². The van der Waals surface area contributed by atoms with Gasteiger partial charge in [0.25, 0.3) is 0 Å². The average Bonchev–Trinajstić information content (AvgIpc) is 2.52. The van der Waals surface area contributed by atoms with Crippen molar-refractivity contribution in [2.45, 2.75) is 77.9 Å². The lowest BCUT2D eigenvalue weighted by Gasteiger charge is -2.40. The van der Waals surface area contributed by atoms with Gasteiger partial charge in [0.1, 0.15) is 17.0 Å². The van der Waals surface area contributed by atoms with Gasteiger partial charge < -0.3 is 19.1 Å². The SMILES string of the molecule is CC(C)(C)OC(=O)Oc1ccc(C2(C)CCN(C(=O)OC(C)(C)C)CC2)cc1. The average molecular weight is 392 g/mol. The van der Waals surface area contributed by atoms with E-state index in [9.17, 15) is 9.59 Å². The number of amides is 1. The van der Waals surface area contributed by atoms with Gasteiger partial charge in [0.15, 0.2) is 0 Å². The van der Waals surface area contributed by atoms with Crippen molar-refractivity contribution >= 4 is 12.2 Å². The first kappa shape index (κ1) is 22.1. The molecule has 1 aromatic rings. The molecule has 0 saturated carbocycles. The van der Waals surface area contributed by atoms with Gasteiger partial charge in [-0.25, -0.2) is 9.59 Å². The van der Waals surface area contributed by atoms with E-state index < -0.39 is 17.4 Å². The number of carbonyl (C=O) groups is 2. The Bertz CT molecular complexity index is 689. The van der Waals surface area contributed by atoms with Crippen LogP contribution in [0.15, 0.2) is 24.3 Å². The summed E-state index contributed by atoms with van der Waals surface area (Å²) in [6, 6.07) is 7.52. The van der Waals surface area contributed by atoms with E-state index in [0.29, 0.717) is 18.8 Å². The minimum Gasteiger partial charge on any atom is -0.444 e. The number of rotatable bonds is 2. The van der Waals surface area contributed by atoms with Crippen LogP contribution in [0.5, 0.6) is 5.75 Å². The molecule has 28 heavy (non-hydrogen) atoms. The minimum atomic E-state index is -0.711. The van der Waals surface area contributed by atoms with Crippen molar-refractivity contribution in [3.05, 3.63) is 29.8 Å². The molecule has 1 heterocycles. The summed E-state index contributed by atoms with van der Waals surface area (Å²) in [6.07, 6.45) is 0.726. The Kier molecular flexibility index (Phi) is 6.31. The molecule has 0 bridgehead atoms. The molecule has 0 aliphatic carbocycles. The van der Waals surface area contributed by atoms with Crippen molar-refractivity contribution in [3.63, 3.8) is 0 Å². The Labute approximate surface area is 168 Å². The van der Waals surface area contributed by atoms with Gasteiger partial charge in [0, 0.05) is 13.1 Å². The van der Waals surface area contributed by atoms with Gasteiger partial charge in [-0.2, -0.15) is 0 Å². The summed E-state index contributed by atoms with van der Waals surface area (Å²) in [5, 5.41) is 0. The van der Waals surface area contributed by atoms with Crippen LogP contribution in [0.2, 0.25) is 0 Å². The highest BCUT2D eigenvalue weighted by Gasteiger charge is 2.34. The molecule has 0 aromatic heterocycles. The van der Waals surface area contributed by atoms with E-state index in [1.54, 1.807) is 37.8 Å². The molecule has 6 nitrogen and oxygen atoms in total. The van der Waals surface area contributed by atoms with Crippen molar-refractivity contribution in [2.75, 3.05) is 13.1 Å². The second-order valence-electron chi connectivity index (χ2n) is 9.62. The maximum Gasteiger partial charge on any atom is 0.514 e. The third-order valence-electron chi connectivity index (χ3n) is 4.66. The van der Waals surface area contributed by atoms with Crippen molar-refractivity contribution < 1.29 is 23.8 Å². The molecule has 1 amide bonds. The van der Waals surface area contributed by atoms with Gasteiger partial charge in [-0.15, -0.1) is 0 Å². The molecule has 1 saturated heterocycles. The van der Waals surface area contributed by atoms with Crippen LogP contribution in [-0.4, -0.2) is 41.4 Å². The number of hydrogen-bond donors (Lipinski definition) is 0. The lowest BCUT2D eigenvalue weighted by atomic mass is 9.74. The molecule has 156 valence electrons. The zero-order valence-corrected chi connectivity index (χ0v) is 18.1. The van der Waals surface area contributed by atoms with Crippen molar-refractivity contribution in [1.82, 2.24) is 4.90 Å². The highest BCUT2D eigenvalue weighted by atomic mass is 16.7. The zero-order chi connectivity index (χ0) is 21.2. The molecular weight excluding hydrogens is 358 g/mol. The summed E-state index contributed by atoms with van der Waals surface area (Å²) in [7, 11) is 0. The maximum absolute atomic E-state index is 12.3. The van der Waals surface area contributed by atoms with Gasteiger partial charge in [-0.1, -0.05) is 19.1 Å². The van der Waals surface area contributed by atoms with E-state index >= 15 is 0 Å². The number of nitrogens with zero attached hydrogens (tertiary/aromatic N) is 1. The van der Waals surface area contributed by atoms with Crippen LogP contribution in [-0.2, 0) is 14.9 Å². The Hall–Kier alpha value is -2.24. The second-order valence-corrected chi connectivity index (χ2v) is 9.62. The zero-order valence-electron chi connectivity index (χ0n) is 18.1. The van der Waals surface area contributed by atoms with Crippen LogP contribution >= 0.6 is 0 Å². The molecule has 1 aliphatic heterocycles. The van der Waals surface area contributed by atoms with Crippen LogP contribution in [0, 0.1) is 0 Å². The van der Waals surface area contributed by atoms with Crippen molar-refractivity contribution in [2.24, 2.45) is 0 Å². The predicted octanol–water partition coefficient (Wildman–Crippen LogP) is 5.29. The molecule has 1 fully saturated rings. The van der Waals surface area contributed by atoms with Gasteiger partial charge in [0.2, 0.25) is 0 Å². The van der Waals surface area contributed by atoms with E-state index in [0.717, 1.165) is 18.4 Å². The number of benzene rings is 1. The summed E-state index contributed by atoms with van der Waals surface area (Å²) in [5.41, 5.74) is 0.0464. The van der Waals surface area contributed by atoms with Crippen LogP contribution < -0.4 is 4.74 Å². The molecule has 0 radical (unpaired) electrons. The standard InChI is InChI=1S/C22H33NO5/c1-20(2,3)27-18(24)23-14-12-22(7,13-15-23)16-8-10-17(11-9-16)26-19(25)28-21(4,5)6/h8-11H,12-15H2,1-7H3. The smallest absolute Gasteiger partial charge is 0.444 e. The summed E-state index contributed by atoms with van der Waals surface area (Å²) in [6.45, 7) is 14.5. The Morgan fingerprint density at radius 2 is 1.39 bits per heavy atom. The highest BCUT2D eigenvalue weighted by Crippen LogP contribution is 2.36. The first-order valence-electron chi connectivity index (χ1n) is 9.77. The summed E-state index contributed by atoms with van der Waals surface area (Å²) in [5.74, 6) is 0.452. The molecule has 1 aromatic carbocycles. The quantitative estimate of drug-likeness (QED) is 0.506.